The van der Waals surface area contributed by atoms with Crippen molar-refractivity contribution in [3.63, 3.8) is 0 Å². The van der Waals surface area contributed by atoms with Crippen molar-refractivity contribution in [1.82, 2.24) is 4.98 Å². The second-order valence-electron chi connectivity index (χ2n) is 4.42. The van der Waals surface area contributed by atoms with Gasteiger partial charge in [0.05, 0.1) is 12.0 Å². The summed E-state index contributed by atoms with van der Waals surface area (Å²) in [5, 5.41) is 0.379. The van der Waals surface area contributed by atoms with Gasteiger partial charge >= 0.3 is 0 Å². The molecule has 0 atom stereocenters. The predicted molar refractivity (Wildman–Crippen MR) is 78.2 cm³/mol. The summed E-state index contributed by atoms with van der Waals surface area (Å²) in [6.45, 7) is 0. The molecule has 0 bridgehead atoms. The van der Waals surface area contributed by atoms with Crippen molar-refractivity contribution >= 4 is 22.7 Å². The van der Waals surface area contributed by atoms with Gasteiger partial charge in [0.15, 0.2) is 5.43 Å². The van der Waals surface area contributed by atoms with Crippen LogP contribution in [0.3, 0.4) is 0 Å². The monoisotopic (exact) mass is 289 g/mol. The fourth-order valence-corrected chi connectivity index (χ4v) is 2.85. The molecule has 0 unspecified atom stereocenters. The van der Waals surface area contributed by atoms with E-state index in [9.17, 15) is 9.18 Å². The van der Waals surface area contributed by atoms with E-state index in [-0.39, 0.29) is 5.43 Å². The average molecular weight is 289 g/mol. The van der Waals surface area contributed by atoms with Crippen LogP contribution in [0.1, 0.15) is 11.5 Å². The van der Waals surface area contributed by atoms with Crippen LogP contribution in [-0.4, -0.2) is 4.98 Å². The Hall–Kier alpha value is -2.01. The van der Waals surface area contributed by atoms with Crippen molar-refractivity contribution in [3.8, 4) is 0 Å². The second-order valence-corrected chi connectivity index (χ2v) is 5.41. The highest BCUT2D eigenvalue weighted by atomic mass is 32.2. The fraction of sp³-hybridized carbons (Fsp3) is 0.133. The first-order chi connectivity index (χ1) is 9.72. The van der Waals surface area contributed by atoms with E-state index in [4.69, 9.17) is 4.42 Å². The molecule has 102 valence electrons. The van der Waals surface area contributed by atoms with E-state index in [1.54, 1.807) is 24.1 Å². The Kier molecular flexibility index (Phi) is 3.60. The zero-order chi connectivity index (χ0) is 13.9. The Morgan fingerprint density at radius 1 is 1.20 bits per heavy atom. The van der Waals surface area contributed by atoms with Gasteiger partial charge in [0, 0.05) is 28.4 Å². The van der Waals surface area contributed by atoms with E-state index >= 15 is 0 Å². The molecule has 1 aromatic carbocycles. The Labute approximate surface area is 118 Å². The van der Waals surface area contributed by atoms with E-state index in [0.717, 1.165) is 17.2 Å². The van der Waals surface area contributed by atoms with Crippen LogP contribution in [0.4, 0.5) is 4.39 Å². The molecule has 0 aliphatic rings. The SMILES string of the molecule is O=c1cc(CSCc2ccco2)[nH]c2ccc(F)cc12. The summed E-state index contributed by atoms with van der Waals surface area (Å²) in [6.07, 6.45) is 1.64. The number of H-pyrrole nitrogens is 1. The number of aromatic nitrogens is 1. The van der Waals surface area contributed by atoms with Crippen molar-refractivity contribution < 1.29 is 8.81 Å². The van der Waals surface area contributed by atoms with Crippen LogP contribution in [0.25, 0.3) is 10.9 Å². The third-order valence-electron chi connectivity index (χ3n) is 2.93. The molecule has 0 radical (unpaired) electrons. The van der Waals surface area contributed by atoms with Crippen molar-refractivity contribution in [1.29, 1.82) is 0 Å². The zero-order valence-corrected chi connectivity index (χ0v) is 11.4. The molecular formula is C15H12FNO2S. The van der Waals surface area contributed by atoms with Crippen molar-refractivity contribution in [2.24, 2.45) is 0 Å². The summed E-state index contributed by atoms with van der Waals surface area (Å²) < 4.78 is 18.4. The Morgan fingerprint density at radius 3 is 2.90 bits per heavy atom. The molecule has 5 heteroatoms. The summed E-state index contributed by atoms with van der Waals surface area (Å²) >= 11 is 1.65. The molecule has 2 heterocycles. The minimum absolute atomic E-state index is 0.160. The van der Waals surface area contributed by atoms with Crippen LogP contribution >= 0.6 is 11.8 Å². The average Bonchev–Trinajstić information content (AvgIpc) is 2.93. The van der Waals surface area contributed by atoms with E-state index in [0.29, 0.717) is 16.7 Å². The van der Waals surface area contributed by atoms with Crippen LogP contribution in [0.15, 0.2) is 51.9 Å². The number of benzene rings is 1. The first-order valence-corrected chi connectivity index (χ1v) is 7.29. The van der Waals surface area contributed by atoms with E-state index in [1.165, 1.54) is 18.2 Å². The molecule has 3 nitrogen and oxygen atoms in total. The van der Waals surface area contributed by atoms with Gasteiger partial charge in [-0.15, -0.1) is 11.8 Å². The number of nitrogens with one attached hydrogen (secondary N) is 1. The number of pyridine rings is 1. The fourth-order valence-electron chi connectivity index (χ4n) is 2.01. The van der Waals surface area contributed by atoms with Gasteiger partial charge in [-0.05, 0) is 30.3 Å². The summed E-state index contributed by atoms with van der Waals surface area (Å²) in [5.74, 6) is 1.92. The van der Waals surface area contributed by atoms with E-state index < -0.39 is 5.82 Å². The molecule has 0 amide bonds. The van der Waals surface area contributed by atoms with Crippen molar-refractivity contribution in [2.75, 3.05) is 0 Å². The van der Waals surface area contributed by atoms with Crippen LogP contribution in [0, 0.1) is 5.82 Å². The minimum atomic E-state index is -0.400. The lowest BCUT2D eigenvalue weighted by atomic mass is 10.2. The molecular weight excluding hydrogens is 277 g/mol. The topological polar surface area (TPSA) is 46.0 Å². The number of furan rings is 1. The van der Waals surface area contributed by atoms with Gasteiger partial charge < -0.3 is 9.40 Å². The molecule has 20 heavy (non-hydrogen) atoms. The molecule has 2 aromatic heterocycles. The summed E-state index contributed by atoms with van der Waals surface area (Å²) in [7, 11) is 0. The normalized spacial score (nSPS) is 11.1. The molecule has 1 N–H and O–H groups in total. The summed E-state index contributed by atoms with van der Waals surface area (Å²) in [6, 6.07) is 9.48. The first-order valence-electron chi connectivity index (χ1n) is 6.14. The molecule has 0 spiro atoms. The van der Waals surface area contributed by atoms with Crippen molar-refractivity contribution in [2.45, 2.75) is 11.5 Å². The first kappa shape index (κ1) is 13.0. The number of hydrogen-bond acceptors (Lipinski definition) is 3. The molecule has 0 aliphatic carbocycles. The number of thioether (sulfide) groups is 1. The number of hydrogen-bond donors (Lipinski definition) is 1. The minimum Gasteiger partial charge on any atom is -0.468 e. The quantitative estimate of drug-likeness (QED) is 0.796. The maximum absolute atomic E-state index is 13.1. The molecule has 0 fully saturated rings. The summed E-state index contributed by atoms with van der Waals surface area (Å²) in [5.41, 5.74) is 1.32. The van der Waals surface area contributed by atoms with E-state index in [2.05, 4.69) is 4.98 Å². The summed E-state index contributed by atoms with van der Waals surface area (Å²) in [4.78, 5) is 15.1. The van der Waals surface area contributed by atoms with Crippen LogP contribution in [-0.2, 0) is 11.5 Å². The third kappa shape index (κ3) is 2.77. The van der Waals surface area contributed by atoms with Crippen LogP contribution < -0.4 is 5.43 Å². The lowest BCUT2D eigenvalue weighted by molar-refractivity contribution is 0.530. The molecule has 3 aromatic rings. The molecule has 0 aliphatic heterocycles. The van der Waals surface area contributed by atoms with Gasteiger partial charge in [-0.25, -0.2) is 4.39 Å². The third-order valence-corrected chi connectivity index (χ3v) is 3.93. The highest BCUT2D eigenvalue weighted by molar-refractivity contribution is 7.97. The Bertz CT molecular complexity index is 780. The Balaban J connectivity index is 1.78. The van der Waals surface area contributed by atoms with Gasteiger partial charge in [-0.3, -0.25) is 4.79 Å². The maximum atomic E-state index is 13.1. The number of fused-ring (bicyclic) bond motifs is 1. The Morgan fingerprint density at radius 2 is 2.10 bits per heavy atom. The van der Waals surface area contributed by atoms with Gasteiger partial charge in [0.25, 0.3) is 0 Å². The molecule has 0 saturated carbocycles. The van der Waals surface area contributed by atoms with Crippen molar-refractivity contribution in [3.05, 3.63) is 70.2 Å². The predicted octanol–water partition coefficient (Wildman–Crippen LogP) is 3.69. The largest absolute Gasteiger partial charge is 0.468 e. The lowest BCUT2D eigenvalue weighted by Crippen LogP contribution is -2.04. The van der Waals surface area contributed by atoms with E-state index in [1.807, 2.05) is 12.1 Å². The van der Waals surface area contributed by atoms with Gasteiger partial charge in [0.1, 0.15) is 11.6 Å². The van der Waals surface area contributed by atoms with Gasteiger partial charge in [0.2, 0.25) is 0 Å². The lowest BCUT2D eigenvalue weighted by Gasteiger charge is -2.04. The van der Waals surface area contributed by atoms with Crippen LogP contribution in [0.2, 0.25) is 0 Å². The number of aromatic amines is 1. The standard InChI is InChI=1S/C15H12FNO2S/c16-10-3-4-14-13(6-10)15(18)7-11(17-14)8-20-9-12-2-1-5-19-12/h1-7H,8-9H2,(H,17,18). The molecule has 0 saturated heterocycles. The maximum Gasteiger partial charge on any atom is 0.189 e. The highest BCUT2D eigenvalue weighted by Gasteiger charge is 2.04. The zero-order valence-electron chi connectivity index (χ0n) is 10.6. The highest BCUT2D eigenvalue weighted by Crippen LogP contribution is 2.18. The smallest absolute Gasteiger partial charge is 0.189 e. The number of halogens is 1. The van der Waals surface area contributed by atoms with Crippen LogP contribution in [0.5, 0.6) is 0 Å². The number of rotatable bonds is 4. The molecule has 3 rings (SSSR count). The van der Waals surface area contributed by atoms with Gasteiger partial charge in [-0.2, -0.15) is 0 Å². The van der Waals surface area contributed by atoms with Gasteiger partial charge in [-0.1, -0.05) is 0 Å². The second kappa shape index (κ2) is 5.54.